The van der Waals surface area contributed by atoms with Gasteiger partial charge >= 0.3 is 19.4 Å². The van der Waals surface area contributed by atoms with Crippen molar-refractivity contribution in [1.82, 2.24) is 19.9 Å². The van der Waals surface area contributed by atoms with Crippen LogP contribution in [0.25, 0.3) is 0 Å². The molecule has 0 radical (unpaired) electrons. The lowest BCUT2D eigenvalue weighted by molar-refractivity contribution is -0.149. The van der Waals surface area contributed by atoms with Crippen LogP contribution in [-0.4, -0.2) is 68.0 Å². The van der Waals surface area contributed by atoms with Crippen LogP contribution >= 0.6 is 7.75 Å². The van der Waals surface area contributed by atoms with E-state index in [1.54, 1.807) is 32.0 Å². The van der Waals surface area contributed by atoms with Gasteiger partial charge in [-0.2, -0.15) is 14.9 Å². The fourth-order valence-corrected chi connectivity index (χ4v) is 4.62. The minimum atomic E-state index is -4.26. The summed E-state index contributed by atoms with van der Waals surface area (Å²) in [5.41, 5.74) is -1.72. The number of ether oxygens (including phenoxy) is 2. The number of nitrogens with zero attached hydrogens (tertiary/aromatic N) is 2. The second kappa shape index (κ2) is 11.2. The molecule has 0 saturated carbocycles. The third-order valence-corrected chi connectivity index (χ3v) is 6.39. The molecule has 1 aliphatic heterocycles. The molecule has 2 heterocycles. The van der Waals surface area contributed by atoms with E-state index in [0.717, 1.165) is 6.20 Å². The Morgan fingerprint density at radius 3 is 2.54 bits per heavy atom. The summed E-state index contributed by atoms with van der Waals surface area (Å²) in [6, 6.07) is 6.92. The number of aromatic amines is 1. The zero-order valence-electron chi connectivity index (χ0n) is 19.1. The number of nitrogens with one attached hydrogen (secondary N) is 2. The largest absolute Gasteiger partial charge is 0.462 e. The zero-order valence-corrected chi connectivity index (χ0v) is 20.0. The molecule has 0 amide bonds. The van der Waals surface area contributed by atoms with Gasteiger partial charge in [0.25, 0.3) is 5.56 Å². The van der Waals surface area contributed by atoms with Crippen LogP contribution in [0.4, 0.5) is 0 Å². The summed E-state index contributed by atoms with van der Waals surface area (Å²) in [4.78, 5) is 37.4. The van der Waals surface area contributed by atoms with E-state index in [-0.39, 0.29) is 5.75 Å². The third-order valence-electron chi connectivity index (χ3n) is 4.75. The predicted octanol–water partition coefficient (Wildman–Crippen LogP) is -0.316. The van der Waals surface area contributed by atoms with Gasteiger partial charge in [0, 0.05) is 0 Å². The Balaban J connectivity index is 1.75. The number of aromatic nitrogens is 3. The van der Waals surface area contributed by atoms with Crippen molar-refractivity contribution >= 4 is 13.7 Å². The molecule has 1 aromatic heterocycles. The summed E-state index contributed by atoms with van der Waals surface area (Å²) in [6.45, 7) is 4.15. The lowest BCUT2D eigenvalue weighted by Gasteiger charge is -2.25. The molecular weight excluding hydrogens is 487 g/mol. The van der Waals surface area contributed by atoms with Gasteiger partial charge in [-0.05, 0) is 32.9 Å². The van der Waals surface area contributed by atoms with Crippen molar-refractivity contribution < 1.29 is 38.1 Å². The number of H-pyrrole nitrogens is 1. The van der Waals surface area contributed by atoms with Gasteiger partial charge in [-0.1, -0.05) is 18.2 Å². The highest BCUT2D eigenvalue weighted by molar-refractivity contribution is 7.52. The molecule has 0 bridgehead atoms. The van der Waals surface area contributed by atoms with Gasteiger partial charge in [-0.25, -0.2) is 9.36 Å². The maximum atomic E-state index is 13.5. The Bertz CT molecular complexity index is 1170. The number of carbonyl (C=O) groups excluding carboxylic acids is 1. The number of para-hydroxylation sites is 1. The maximum absolute atomic E-state index is 13.5. The highest BCUT2D eigenvalue weighted by atomic mass is 31.2. The Morgan fingerprint density at radius 2 is 1.91 bits per heavy atom. The second-order valence-electron chi connectivity index (χ2n) is 7.96. The van der Waals surface area contributed by atoms with Gasteiger partial charge in [-0.3, -0.25) is 19.1 Å². The van der Waals surface area contributed by atoms with Gasteiger partial charge < -0.3 is 24.2 Å². The third kappa shape index (κ3) is 6.84. The summed E-state index contributed by atoms with van der Waals surface area (Å²) in [7, 11) is -4.26. The van der Waals surface area contributed by atoms with Crippen molar-refractivity contribution in [2.75, 3.05) is 6.61 Å². The molecule has 1 aliphatic rings. The molecule has 35 heavy (non-hydrogen) atoms. The fraction of sp³-hybridized carbons (Fsp3) is 0.500. The maximum Gasteiger partial charge on any atom is 0.459 e. The molecule has 1 saturated heterocycles. The number of aliphatic hydroxyl groups excluding tert-OH is 2. The molecule has 192 valence electrons. The van der Waals surface area contributed by atoms with Crippen LogP contribution in [0.5, 0.6) is 5.75 Å². The van der Waals surface area contributed by atoms with Gasteiger partial charge in [0.1, 0.15) is 36.3 Å². The van der Waals surface area contributed by atoms with Crippen molar-refractivity contribution in [3.63, 3.8) is 0 Å². The highest BCUT2D eigenvalue weighted by Crippen LogP contribution is 2.45. The molecule has 6 atom stereocenters. The molecule has 14 nitrogen and oxygen atoms in total. The zero-order chi connectivity index (χ0) is 25.8. The molecular formula is C20H27N4O10P. The monoisotopic (exact) mass is 514 g/mol. The second-order valence-corrected chi connectivity index (χ2v) is 9.66. The Labute approximate surface area is 199 Å². The Morgan fingerprint density at radius 1 is 1.23 bits per heavy atom. The molecule has 15 heteroatoms. The first-order valence-electron chi connectivity index (χ1n) is 10.7. The predicted molar refractivity (Wildman–Crippen MR) is 119 cm³/mol. The number of esters is 1. The number of carbonyl (C=O) groups is 1. The standard InChI is InChI=1S/C20H27N4O10P/c1-11(2)32-19(28)12(3)23-35(30,34-13-7-5-4-6-8-13)31-10-14-16(26)17(27)18(33-14)24-20(29)22-15(25)9-21-24/h4-9,11-12,14,16-18,26-27H,10H2,1-3H3,(H,23,30)(H,22,25,29)/t12-,14+,16?,17?,18+,35-/m0/s1. The summed E-state index contributed by atoms with van der Waals surface area (Å²) in [6.07, 6.45) is -5.53. The molecule has 0 spiro atoms. The van der Waals surface area contributed by atoms with Crippen LogP contribution in [0, 0.1) is 0 Å². The van der Waals surface area contributed by atoms with Crippen LogP contribution < -0.4 is 20.9 Å². The normalized spacial score (nSPS) is 24.6. The van der Waals surface area contributed by atoms with E-state index in [9.17, 15) is 29.2 Å². The number of aliphatic hydroxyl groups is 2. The minimum absolute atomic E-state index is 0.169. The van der Waals surface area contributed by atoms with Crippen molar-refractivity contribution in [3.8, 4) is 5.75 Å². The summed E-state index contributed by atoms with van der Waals surface area (Å²) in [5, 5.41) is 26.8. The number of hydrogen-bond acceptors (Lipinski definition) is 11. The smallest absolute Gasteiger partial charge is 0.459 e. The molecule has 1 aromatic carbocycles. The van der Waals surface area contributed by atoms with E-state index in [2.05, 4.69) is 10.2 Å². The SMILES string of the molecule is CC(C)OC(=O)[C@H](C)N[P@](=O)(OC[C@H]1O[C@@H](n2ncc(=O)[nH]c2=O)C(O)C1O)Oc1ccccc1. The van der Waals surface area contributed by atoms with Gasteiger partial charge in [0.15, 0.2) is 6.23 Å². The van der Waals surface area contributed by atoms with E-state index in [0.29, 0.717) is 4.68 Å². The van der Waals surface area contributed by atoms with E-state index < -0.39 is 68.3 Å². The number of benzene rings is 1. The first-order valence-corrected chi connectivity index (χ1v) is 12.2. The summed E-state index contributed by atoms with van der Waals surface area (Å²) >= 11 is 0. The van der Waals surface area contributed by atoms with Gasteiger partial charge in [0.05, 0.1) is 12.7 Å². The van der Waals surface area contributed by atoms with Crippen molar-refractivity contribution in [2.24, 2.45) is 0 Å². The Hall–Kier alpha value is -2.87. The van der Waals surface area contributed by atoms with Crippen LogP contribution in [0.3, 0.4) is 0 Å². The van der Waals surface area contributed by atoms with E-state index in [4.69, 9.17) is 18.5 Å². The summed E-state index contributed by atoms with van der Waals surface area (Å²) < 4.78 is 35.7. The van der Waals surface area contributed by atoms with Gasteiger partial charge in [0.2, 0.25) is 0 Å². The van der Waals surface area contributed by atoms with Crippen LogP contribution in [0.15, 0.2) is 46.1 Å². The van der Waals surface area contributed by atoms with Gasteiger partial charge in [-0.15, -0.1) is 0 Å². The van der Waals surface area contributed by atoms with Crippen LogP contribution in [0.1, 0.15) is 27.0 Å². The van der Waals surface area contributed by atoms with Crippen molar-refractivity contribution in [2.45, 2.75) is 57.5 Å². The lowest BCUT2D eigenvalue weighted by atomic mass is 10.1. The van der Waals surface area contributed by atoms with Crippen LogP contribution in [0.2, 0.25) is 0 Å². The highest BCUT2D eigenvalue weighted by Gasteiger charge is 2.46. The van der Waals surface area contributed by atoms with E-state index in [1.807, 2.05) is 4.98 Å². The molecule has 2 unspecified atom stereocenters. The first-order chi connectivity index (χ1) is 16.5. The van der Waals surface area contributed by atoms with E-state index in [1.165, 1.54) is 19.1 Å². The van der Waals surface area contributed by atoms with Crippen molar-refractivity contribution in [1.29, 1.82) is 0 Å². The van der Waals surface area contributed by atoms with Crippen molar-refractivity contribution in [3.05, 3.63) is 57.4 Å². The Kier molecular flexibility index (Phi) is 8.59. The average molecular weight is 514 g/mol. The van der Waals surface area contributed by atoms with Crippen LogP contribution in [-0.2, 0) is 23.4 Å². The molecule has 0 aliphatic carbocycles. The van der Waals surface area contributed by atoms with E-state index >= 15 is 0 Å². The molecule has 1 fully saturated rings. The molecule has 3 rings (SSSR count). The first kappa shape index (κ1) is 26.7. The average Bonchev–Trinajstić information content (AvgIpc) is 3.06. The minimum Gasteiger partial charge on any atom is -0.462 e. The fourth-order valence-electron chi connectivity index (χ4n) is 3.12. The number of rotatable bonds is 10. The molecule has 4 N–H and O–H groups in total. The molecule has 2 aromatic rings. The lowest BCUT2D eigenvalue weighted by Crippen LogP contribution is -2.39. The quantitative estimate of drug-likeness (QED) is 0.239. The number of hydrogen-bond donors (Lipinski definition) is 4. The summed E-state index contributed by atoms with van der Waals surface area (Å²) in [5.74, 6) is -0.529. The topological polar surface area (TPSA) is 191 Å².